The fourth-order valence-electron chi connectivity index (χ4n) is 2.29. The van der Waals surface area contributed by atoms with Crippen molar-refractivity contribution in [3.8, 4) is 0 Å². The third-order valence-corrected chi connectivity index (χ3v) is 4.42. The molecule has 0 aliphatic heterocycles. The molecule has 0 unspecified atom stereocenters. The van der Waals surface area contributed by atoms with Gasteiger partial charge in [0.2, 0.25) is 5.91 Å². The van der Waals surface area contributed by atoms with Gasteiger partial charge in [0.15, 0.2) is 9.84 Å². The molecule has 1 amide bonds. The SMILES string of the molecule is CS(=O)(=O)Cc1ccc(CNC(=O)C=Cc2cccc(C(F)(F)F)c2)cc1. The number of hydrogen-bond acceptors (Lipinski definition) is 3. The minimum atomic E-state index is -4.44. The highest BCUT2D eigenvalue weighted by molar-refractivity contribution is 7.89. The molecular formula is C19H18F3NO3S. The number of carbonyl (C=O) groups is 1. The molecule has 0 aliphatic carbocycles. The molecule has 0 saturated heterocycles. The van der Waals surface area contributed by atoms with E-state index in [4.69, 9.17) is 0 Å². The van der Waals surface area contributed by atoms with Gasteiger partial charge < -0.3 is 5.32 Å². The van der Waals surface area contributed by atoms with Gasteiger partial charge >= 0.3 is 6.18 Å². The number of carbonyl (C=O) groups excluding carboxylic acids is 1. The van der Waals surface area contributed by atoms with Crippen molar-refractivity contribution in [3.63, 3.8) is 0 Å². The molecule has 0 radical (unpaired) electrons. The molecule has 2 aromatic carbocycles. The van der Waals surface area contributed by atoms with Crippen LogP contribution in [0.5, 0.6) is 0 Å². The lowest BCUT2D eigenvalue weighted by Gasteiger charge is -2.07. The Hall–Kier alpha value is -2.61. The number of benzene rings is 2. The van der Waals surface area contributed by atoms with E-state index in [9.17, 15) is 26.4 Å². The lowest BCUT2D eigenvalue weighted by molar-refractivity contribution is -0.137. The average molecular weight is 397 g/mol. The molecule has 0 fully saturated rings. The summed E-state index contributed by atoms with van der Waals surface area (Å²) in [5.41, 5.74) is 0.912. The van der Waals surface area contributed by atoms with Crippen molar-refractivity contribution < 1.29 is 26.4 Å². The van der Waals surface area contributed by atoms with Crippen molar-refractivity contribution in [1.82, 2.24) is 5.32 Å². The molecule has 4 nitrogen and oxygen atoms in total. The van der Waals surface area contributed by atoms with Crippen molar-refractivity contribution in [3.05, 3.63) is 76.9 Å². The van der Waals surface area contributed by atoms with Crippen LogP contribution in [0.1, 0.15) is 22.3 Å². The molecule has 0 spiro atoms. The Morgan fingerprint density at radius 2 is 1.70 bits per heavy atom. The van der Waals surface area contributed by atoms with E-state index in [0.29, 0.717) is 5.56 Å². The Morgan fingerprint density at radius 3 is 2.30 bits per heavy atom. The Morgan fingerprint density at radius 1 is 1.07 bits per heavy atom. The van der Waals surface area contributed by atoms with Gasteiger partial charge in [0.05, 0.1) is 11.3 Å². The molecule has 0 heterocycles. The molecule has 0 aliphatic rings. The Labute approximate surface area is 155 Å². The number of sulfone groups is 1. The lowest BCUT2D eigenvalue weighted by atomic mass is 10.1. The van der Waals surface area contributed by atoms with Crippen molar-refractivity contribution in [2.45, 2.75) is 18.5 Å². The van der Waals surface area contributed by atoms with E-state index >= 15 is 0 Å². The average Bonchev–Trinajstić information content (AvgIpc) is 2.57. The van der Waals surface area contributed by atoms with Crippen molar-refractivity contribution >= 4 is 21.8 Å². The minimum Gasteiger partial charge on any atom is -0.348 e. The first-order valence-corrected chi connectivity index (χ1v) is 9.98. The predicted molar refractivity (Wildman–Crippen MR) is 97.3 cm³/mol. The van der Waals surface area contributed by atoms with E-state index in [1.807, 2.05) is 0 Å². The normalized spacial score (nSPS) is 12.3. The number of hydrogen-bond donors (Lipinski definition) is 1. The van der Waals surface area contributed by atoms with Gasteiger partial charge in [-0.25, -0.2) is 8.42 Å². The summed E-state index contributed by atoms with van der Waals surface area (Å²) in [7, 11) is -3.11. The van der Waals surface area contributed by atoms with Crippen LogP contribution in [0.2, 0.25) is 0 Å². The minimum absolute atomic E-state index is 0.0562. The molecular weight excluding hydrogens is 379 g/mol. The highest BCUT2D eigenvalue weighted by atomic mass is 32.2. The van der Waals surface area contributed by atoms with Gasteiger partial charge in [-0.1, -0.05) is 36.4 Å². The fraction of sp³-hybridized carbons (Fsp3) is 0.211. The summed E-state index contributed by atoms with van der Waals surface area (Å²) in [6.45, 7) is 0.213. The molecule has 8 heteroatoms. The van der Waals surface area contributed by atoms with Gasteiger partial charge in [-0.05, 0) is 34.9 Å². The molecule has 0 bridgehead atoms. The second kappa shape index (κ2) is 8.39. The molecule has 2 aromatic rings. The van der Waals surface area contributed by atoms with Gasteiger partial charge in [0.25, 0.3) is 0 Å². The van der Waals surface area contributed by atoms with Crippen LogP contribution < -0.4 is 5.32 Å². The maximum absolute atomic E-state index is 12.7. The number of alkyl halides is 3. The number of amides is 1. The molecule has 27 heavy (non-hydrogen) atoms. The summed E-state index contributed by atoms with van der Waals surface area (Å²) in [4.78, 5) is 11.8. The number of rotatable bonds is 6. The van der Waals surface area contributed by atoms with Gasteiger partial charge in [0.1, 0.15) is 0 Å². The second-order valence-corrected chi connectivity index (χ2v) is 8.20. The van der Waals surface area contributed by atoms with Crippen LogP contribution in [0.3, 0.4) is 0 Å². The lowest BCUT2D eigenvalue weighted by Crippen LogP contribution is -2.20. The van der Waals surface area contributed by atoms with Crippen LogP contribution in [0.4, 0.5) is 13.2 Å². The number of halogens is 3. The van der Waals surface area contributed by atoms with E-state index in [-0.39, 0.29) is 17.9 Å². The third-order valence-electron chi connectivity index (χ3n) is 3.56. The molecule has 144 valence electrons. The molecule has 0 atom stereocenters. The molecule has 1 N–H and O–H groups in total. The van der Waals surface area contributed by atoms with Crippen molar-refractivity contribution in [2.24, 2.45) is 0 Å². The quantitative estimate of drug-likeness (QED) is 0.758. The smallest absolute Gasteiger partial charge is 0.348 e. The highest BCUT2D eigenvalue weighted by Crippen LogP contribution is 2.29. The zero-order chi connectivity index (χ0) is 20.1. The van der Waals surface area contributed by atoms with E-state index < -0.39 is 27.5 Å². The Balaban J connectivity index is 1.92. The van der Waals surface area contributed by atoms with E-state index in [1.165, 1.54) is 18.2 Å². The largest absolute Gasteiger partial charge is 0.416 e. The van der Waals surface area contributed by atoms with Crippen molar-refractivity contribution in [1.29, 1.82) is 0 Å². The highest BCUT2D eigenvalue weighted by Gasteiger charge is 2.30. The maximum atomic E-state index is 12.7. The number of nitrogens with one attached hydrogen (secondary N) is 1. The van der Waals surface area contributed by atoms with Gasteiger partial charge in [-0.15, -0.1) is 0 Å². The van der Waals surface area contributed by atoms with Gasteiger partial charge in [-0.2, -0.15) is 13.2 Å². The van der Waals surface area contributed by atoms with Crippen molar-refractivity contribution in [2.75, 3.05) is 6.26 Å². The second-order valence-electron chi connectivity index (χ2n) is 6.06. The summed E-state index contributed by atoms with van der Waals surface area (Å²) in [6, 6.07) is 11.4. The van der Waals surface area contributed by atoms with Crippen LogP contribution in [-0.4, -0.2) is 20.6 Å². The first kappa shape index (κ1) is 20.7. The zero-order valence-electron chi connectivity index (χ0n) is 14.5. The summed E-state index contributed by atoms with van der Waals surface area (Å²) in [5.74, 6) is -0.507. The van der Waals surface area contributed by atoms with Gasteiger partial charge in [0, 0.05) is 18.9 Å². The van der Waals surface area contributed by atoms with Gasteiger partial charge in [-0.3, -0.25) is 4.79 Å². The van der Waals surface area contributed by atoms with Crippen LogP contribution in [-0.2, 0) is 33.1 Å². The predicted octanol–water partition coefficient (Wildman–Crippen LogP) is 3.58. The summed E-state index contributed by atoms with van der Waals surface area (Å²) in [6.07, 6.45) is -0.819. The topological polar surface area (TPSA) is 63.2 Å². The molecule has 0 aromatic heterocycles. The summed E-state index contributed by atoms with van der Waals surface area (Å²) < 4.78 is 60.5. The summed E-state index contributed by atoms with van der Waals surface area (Å²) >= 11 is 0. The van der Waals surface area contributed by atoms with E-state index in [1.54, 1.807) is 24.3 Å². The Bertz CT molecular complexity index is 933. The van der Waals surface area contributed by atoms with Crippen LogP contribution >= 0.6 is 0 Å². The van der Waals surface area contributed by atoms with E-state index in [2.05, 4.69) is 5.32 Å². The first-order valence-electron chi connectivity index (χ1n) is 7.92. The zero-order valence-corrected chi connectivity index (χ0v) is 15.3. The van der Waals surface area contributed by atoms with Crippen LogP contribution in [0.25, 0.3) is 6.08 Å². The van der Waals surface area contributed by atoms with Crippen LogP contribution in [0, 0.1) is 0 Å². The maximum Gasteiger partial charge on any atom is 0.416 e. The fourth-order valence-corrected chi connectivity index (χ4v) is 3.09. The standard InChI is InChI=1S/C19H18F3NO3S/c1-27(25,26)13-16-7-5-15(6-8-16)12-23-18(24)10-9-14-3-2-4-17(11-14)19(20,21)22/h2-11H,12-13H2,1H3,(H,23,24). The molecule has 2 rings (SSSR count). The monoisotopic (exact) mass is 397 g/mol. The van der Waals surface area contributed by atoms with E-state index in [0.717, 1.165) is 30.0 Å². The first-order chi connectivity index (χ1) is 12.5. The van der Waals surface area contributed by atoms with Crippen LogP contribution in [0.15, 0.2) is 54.6 Å². The molecule has 0 saturated carbocycles. The summed E-state index contributed by atoms with van der Waals surface area (Å²) in [5, 5.41) is 2.62. The third kappa shape index (κ3) is 7.26. The Kier molecular flexibility index (Phi) is 6.43.